The molecule has 278 valence electrons. The monoisotopic (exact) mass is 699 g/mol. The fourth-order valence-electron chi connectivity index (χ4n) is 5.52. The molecule has 2 rings (SSSR count). The second kappa shape index (κ2) is 18.0. The van der Waals surface area contributed by atoms with Gasteiger partial charge in [-0.3, -0.25) is 9.59 Å². The maximum Gasteiger partial charge on any atom is 0.186 e. The lowest BCUT2D eigenvalue weighted by atomic mass is 9.72. The molecule has 0 saturated carbocycles. The van der Waals surface area contributed by atoms with Crippen molar-refractivity contribution in [1.29, 1.82) is 0 Å². The second-order valence-electron chi connectivity index (χ2n) is 18.3. The third-order valence-corrected chi connectivity index (χ3v) is 8.80. The summed E-state index contributed by atoms with van der Waals surface area (Å²) in [5.74, 6) is 0.320. The van der Waals surface area contributed by atoms with Gasteiger partial charge in [0.2, 0.25) is 0 Å². The van der Waals surface area contributed by atoms with E-state index in [1.54, 1.807) is 0 Å². The van der Waals surface area contributed by atoms with Gasteiger partial charge in [0.05, 0.1) is 0 Å². The molecule has 0 radical (unpaired) electrons. The van der Waals surface area contributed by atoms with Gasteiger partial charge in [0.15, 0.2) is 11.6 Å². The first kappa shape index (κ1) is 43.9. The lowest BCUT2D eigenvalue weighted by Gasteiger charge is -2.31. The van der Waals surface area contributed by atoms with Crippen LogP contribution in [0.4, 0.5) is 0 Å². The molecule has 0 aliphatic heterocycles. The Kier molecular flexibility index (Phi) is 15.1. The van der Waals surface area contributed by atoms with Gasteiger partial charge in [-0.25, -0.2) is 0 Å². The van der Waals surface area contributed by atoms with Crippen LogP contribution in [0.2, 0.25) is 0 Å². The van der Waals surface area contributed by atoms with E-state index in [9.17, 15) is 9.59 Å². The van der Waals surface area contributed by atoms with Crippen molar-refractivity contribution in [2.24, 2.45) is 21.7 Å². The van der Waals surface area contributed by atoms with Crippen molar-refractivity contribution in [3.05, 3.63) is 165 Å². The van der Waals surface area contributed by atoms with Gasteiger partial charge >= 0.3 is 0 Å². The Bertz CT molecular complexity index is 1610. The summed E-state index contributed by atoms with van der Waals surface area (Å²) < 4.78 is 0. The number of hydrogen-bond donors (Lipinski definition) is 0. The summed E-state index contributed by atoms with van der Waals surface area (Å²) >= 11 is 0. The molecule has 0 heterocycles. The van der Waals surface area contributed by atoms with Crippen LogP contribution in [0, 0.1) is 21.7 Å². The maximum atomic E-state index is 13.2. The summed E-state index contributed by atoms with van der Waals surface area (Å²) in [6.45, 7) is 33.6. The van der Waals surface area contributed by atoms with Crippen molar-refractivity contribution in [1.82, 2.24) is 0 Å². The number of Topliss-reactive ketones (excluding diaryl/α,β-unsaturated/α-hetero) is 2. The van der Waals surface area contributed by atoms with Crippen LogP contribution in [-0.2, 0) is 9.59 Å². The Morgan fingerprint density at radius 2 is 0.615 bits per heavy atom. The lowest BCUT2D eigenvalue weighted by Crippen LogP contribution is -2.27. The van der Waals surface area contributed by atoms with Crippen LogP contribution in [0.5, 0.6) is 0 Å². The van der Waals surface area contributed by atoms with Gasteiger partial charge < -0.3 is 0 Å². The Morgan fingerprint density at radius 3 is 0.865 bits per heavy atom. The van der Waals surface area contributed by atoms with Gasteiger partial charge in [0.1, 0.15) is 0 Å². The molecule has 2 heteroatoms. The number of carbonyl (C=O) groups is 2. The average Bonchev–Trinajstić information content (AvgIpc) is 2.99. The van der Waals surface area contributed by atoms with E-state index in [4.69, 9.17) is 0 Å². The van der Waals surface area contributed by atoms with Gasteiger partial charge in [0.25, 0.3) is 0 Å². The van der Waals surface area contributed by atoms with Crippen LogP contribution in [-0.4, -0.2) is 11.6 Å². The highest BCUT2D eigenvalue weighted by Gasteiger charge is 2.35. The second-order valence-corrected chi connectivity index (χ2v) is 18.3. The van der Waals surface area contributed by atoms with Gasteiger partial charge in [0, 0.05) is 22.3 Å². The molecule has 0 N–H and O–H groups in total. The summed E-state index contributed by atoms with van der Waals surface area (Å²) in [5.41, 5.74) is 9.29. The molecule has 0 bridgehead atoms. The van der Waals surface area contributed by atoms with Crippen molar-refractivity contribution in [3.8, 4) is 0 Å². The van der Waals surface area contributed by atoms with E-state index in [2.05, 4.69) is 196 Å². The molecule has 2 aliphatic carbocycles. The molecule has 0 amide bonds. The number of rotatable bonds is 9. The standard InChI is InChI=1S/C50H66O2/c1-35(23-19-25-37(3)27-29-39-31-41(47(5,6)7)45(51)42(32-39)48(8,9)10)21-17-18-22-36(2)24-20-26-38(4)28-30-40-33-43(49(11,12)13)46(52)44(34-40)50(14,15)16/h17-34H,1-16H3/b21-17+,22-18+,25-19+,26-20+,35-23+,36-24+,37-27+,38-28+. The summed E-state index contributed by atoms with van der Waals surface area (Å²) in [7, 11) is 0. The minimum absolute atomic E-state index is 0.160. The Hall–Kier alpha value is -4.30. The quantitative estimate of drug-likeness (QED) is 0.225. The van der Waals surface area contributed by atoms with Crippen LogP contribution in [0.25, 0.3) is 0 Å². The fraction of sp³-hybridized carbons (Fsp3) is 0.400. The smallest absolute Gasteiger partial charge is 0.186 e. The zero-order chi connectivity index (χ0) is 39.7. The molecule has 0 aromatic heterocycles. The average molecular weight is 699 g/mol. The van der Waals surface area contributed by atoms with Gasteiger partial charge in [-0.2, -0.15) is 0 Å². The molecular weight excluding hydrogens is 633 g/mol. The highest BCUT2D eigenvalue weighted by molar-refractivity contribution is 6.12. The Labute approximate surface area is 317 Å². The van der Waals surface area contributed by atoms with E-state index in [-0.39, 0.29) is 33.2 Å². The molecule has 2 aliphatic rings. The lowest BCUT2D eigenvalue weighted by molar-refractivity contribution is -0.114. The summed E-state index contributed by atoms with van der Waals surface area (Å²) in [4.78, 5) is 26.4. The van der Waals surface area contributed by atoms with E-state index >= 15 is 0 Å². The first-order valence-electron chi connectivity index (χ1n) is 18.6. The van der Waals surface area contributed by atoms with Crippen molar-refractivity contribution in [2.45, 2.75) is 111 Å². The topological polar surface area (TPSA) is 34.1 Å². The normalized spacial score (nSPS) is 18.2. The van der Waals surface area contributed by atoms with Gasteiger partial charge in [-0.1, -0.05) is 190 Å². The summed E-state index contributed by atoms with van der Waals surface area (Å²) in [6, 6.07) is 0. The predicted octanol–water partition coefficient (Wildman–Crippen LogP) is 13.9. The van der Waals surface area contributed by atoms with Gasteiger partial charge in [-0.05, 0) is 84.8 Å². The number of carbonyl (C=O) groups excluding carboxylic acids is 2. The molecule has 0 unspecified atom stereocenters. The highest BCUT2D eigenvalue weighted by atomic mass is 16.1. The zero-order valence-electron chi connectivity index (χ0n) is 35.2. The first-order valence-corrected chi connectivity index (χ1v) is 18.6. The van der Waals surface area contributed by atoms with E-state index in [0.717, 1.165) is 55.7 Å². The molecule has 52 heavy (non-hydrogen) atoms. The van der Waals surface area contributed by atoms with Crippen molar-refractivity contribution < 1.29 is 9.59 Å². The van der Waals surface area contributed by atoms with Crippen LogP contribution >= 0.6 is 0 Å². The van der Waals surface area contributed by atoms with Gasteiger partial charge in [-0.15, -0.1) is 0 Å². The molecule has 0 aromatic rings. The number of allylic oxidation sites excluding steroid dienone is 28. The van der Waals surface area contributed by atoms with E-state index in [1.165, 1.54) is 0 Å². The summed E-state index contributed by atoms with van der Waals surface area (Å²) in [6.07, 6.45) is 37.4. The first-order chi connectivity index (χ1) is 23.8. The minimum atomic E-state index is -0.212. The third-order valence-electron chi connectivity index (χ3n) is 8.80. The molecule has 2 nitrogen and oxygen atoms in total. The molecular formula is C50H66O2. The van der Waals surface area contributed by atoms with Crippen LogP contribution in [0.3, 0.4) is 0 Å². The van der Waals surface area contributed by atoms with Crippen LogP contribution in [0.15, 0.2) is 165 Å². The van der Waals surface area contributed by atoms with Crippen LogP contribution in [0.1, 0.15) is 111 Å². The van der Waals surface area contributed by atoms with E-state index in [0.29, 0.717) is 0 Å². The SMILES string of the molecule is CC(/C=C/C=C(C)/C=C/C=C/C(C)=C/C=C/C(C)=C/C=C1C=C(C(C)(C)C)C(=O)C(C(C)(C)C)=C1)=C\C=C1C=C(C(C)(C)C)C(=O)C(C(C)(C)C)=C1. The molecule has 0 fully saturated rings. The minimum Gasteiger partial charge on any atom is -0.289 e. The third kappa shape index (κ3) is 14.0. The maximum absolute atomic E-state index is 13.2. The molecule has 0 atom stereocenters. The van der Waals surface area contributed by atoms with Crippen molar-refractivity contribution in [3.63, 3.8) is 0 Å². The zero-order valence-corrected chi connectivity index (χ0v) is 35.2. The number of ketones is 2. The van der Waals surface area contributed by atoms with E-state index < -0.39 is 0 Å². The predicted molar refractivity (Wildman–Crippen MR) is 228 cm³/mol. The molecule has 0 spiro atoms. The Morgan fingerprint density at radius 1 is 0.385 bits per heavy atom. The van der Waals surface area contributed by atoms with Crippen LogP contribution < -0.4 is 0 Å². The Balaban J connectivity index is 2.06. The largest absolute Gasteiger partial charge is 0.289 e. The van der Waals surface area contributed by atoms with Crippen molar-refractivity contribution in [2.75, 3.05) is 0 Å². The molecule has 0 saturated heterocycles. The summed E-state index contributed by atoms with van der Waals surface area (Å²) in [5, 5.41) is 0. The van der Waals surface area contributed by atoms with E-state index in [1.807, 2.05) is 24.3 Å². The number of hydrogen-bond acceptors (Lipinski definition) is 2. The highest BCUT2D eigenvalue weighted by Crippen LogP contribution is 2.40. The fourth-order valence-corrected chi connectivity index (χ4v) is 5.52. The molecule has 0 aromatic carbocycles. The van der Waals surface area contributed by atoms with Crippen molar-refractivity contribution >= 4 is 11.6 Å².